The summed E-state index contributed by atoms with van der Waals surface area (Å²) in [5, 5.41) is 2.61. The van der Waals surface area contributed by atoms with E-state index in [1.165, 1.54) is 51.5 Å². The Labute approximate surface area is 223 Å². The fourth-order valence-electron chi connectivity index (χ4n) is 4.78. The number of amides is 2. The molecule has 1 aliphatic heterocycles. The lowest BCUT2D eigenvalue weighted by molar-refractivity contribution is -0.137. The molecule has 2 amide bonds. The number of carbonyl (C=O) groups excluding carboxylic acids is 2. The number of fused-ring (bicyclic) bond motifs is 1. The zero-order valence-corrected chi connectivity index (χ0v) is 21.9. The number of carbonyl (C=O) groups is 2. The van der Waals surface area contributed by atoms with Crippen LogP contribution in [0, 0.1) is 0 Å². The normalized spacial score (nSPS) is 16.8. The summed E-state index contributed by atoms with van der Waals surface area (Å²) < 4.78 is 61.5. The van der Waals surface area contributed by atoms with Gasteiger partial charge in [0.05, 0.1) is 46.0 Å². The first kappa shape index (κ1) is 27.6. The number of rotatable bonds is 7. The minimum Gasteiger partial charge on any atom is -0.493 e. The molecular formula is C28H27F3N2O6. The van der Waals surface area contributed by atoms with E-state index in [0.717, 1.165) is 12.1 Å². The highest BCUT2D eigenvalue weighted by molar-refractivity contribution is 6.05. The topological polar surface area (TPSA) is 86.3 Å². The van der Waals surface area contributed by atoms with Crippen molar-refractivity contribution in [1.29, 1.82) is 0 Å². The van der Waals surface area contributed by atoms with E-state index in [4.69, 9.17) is 18.9 Å². The fraction of sp³-hybridized carbons (Fsp3) is 0.286. The van der Waals surface area contributed by atoms with Crippen molar-refractivity contribution in [2.24, 2.45) is 0 Å². The monoisotopic (exact) mass is 544 g/mol. The molecule has 2 atom stereocenters. The van der Waals surface area contributed by atoms with Crippen LogP contribution >= 0.6 is 0 Å². The largest absolute Gasteiger partial charge is 0.493 e. The summed E-state index contributed by atoms with van der Waals surface area (Å²) in [5.74, 6) is -0.643. The summed E-state index contributed by atoms with van der Waals surface area (Å²) in [6.45, 7) is 0. The maximum Gasteiger partial charge on any atom is 0.416 e. The van der Waals surface area contributed by atoms with Gasteiger partial charge < -0.3 is 29.2 Å². The molecule has 0 bridgehead atoms. The maximum absolute atomic E-state index is 13.9. The van der Waals surface area contributed by atoms with E-state index in [0.29, 0.717) is 28.4 Å². The van der Waals surface area contributed by atoms with Crippen molar-refractivity contribution < 1.29 is 41.7 Å². The predicted molar refractivity (Wildman–Crippen MR) is 137 cm³/mol. The molecule has 0 spiro atoms. The van der Waals surface area contributed by atoms with Gasteiger partial charge in [-0.1, -0.05) is 12.1 Å². The number of nitrogens with zero attached hydrogens (tertiary/aromatic N) is 1. The number of halogens is 3. The van der Waals surface area contributed by atoms with Crippen LogP contribution in [0.1, 0.15) is 39.0 Å². The van der Waals surface area contributed by atoms with Gasteiger partial charge in [0.2, 0.25) is 5.91 Å². The standard InChI is InChI=1S/C28H27F3N2O6/c1-33-25(15-9-10-20(36-2)21(11-15)37-3)24(18-13-22(38-4)23(39-5)14-19(18)27(33)35)26(34)32-17-8-6-7-16(12-17)28(29,30)31/h6-14,24-25H,1-5H3,(H,32,34)/t24-,25-/m1/s1. The summed E-state index contributed by atoms with van der Waals surface area (Å²) in [6.07, 6.45) is -4.59. The first-order chi connectivity index (χ1) is 18.5. The van der Waals surface area contributed by atoms with Crippen LogP contribution < -0.4 is 24.3 Å². The van der Waals surface area contributed by atoms with Gasteiger partial charge in [-0.2, -0.15) is 13.2 Å². The Morgan fingerprint density at radius 3 is 2.08 bits per heavy atom. The van der Waals surface area contributed by atoms with Crippen LogP contribution in [0.25, 0.3) is 0 Å². The van der Waals surface area contributed by atoms with Gasteiger partial charge in [-0.05, 0) is 53.6 Å². The molecule has 4 rings (SSSR count). The van der Waals surface area contributed by atoms with Crippen molar-refractivity contribution in [2.45, 2.75) is 18.1 Å². The molecular weight excluding hydrogens is 517 g/mol. The molecule has 3 aromatic rings. The van der Waals surface area contributed by atoms with Crippen molar-refractivity contribution in [3.05, 3.63) is 76.9 Å². The number of anilines is 1. The van der Waals surface area contributed by atoms with E-state index in [1.54, 1.807) is 31.3 Å². The summed E-state index contributed by atoms with van der Waals surface area (Å²) in [7, 11) is 7.33. The zero-order chi connectivity index (χ0) is 28.5. The molecule has 11 heteroatoms. The molecule has 0 saturated heterocycles. The summed E-state index contributed by atoms with van der Waals surface area (Å²) in [6, 6.07) is 11.5. The van der Waals surface area contributed by atoms with Gasteiger partial charge in [0, 0.05) is 18.3 Å². The van der Waals surface area contributed by atoms with Crippen LogP contribution in [-0.4, -0.2) is 52.2 Å². The van der Waals surface area contributed by atoms with Crippen molar-refractivity contribution >= 4 is 17.5 Å². The van der Waals surface area contributed by atoms with Gasteiger partial charge in [-0.25, -0.2) is 0 Å². The second-order valence-corrected chi connectivity index (χ2v) is 8.82. The van der Waals surface area contributed by atoms with Gasteiger partial charge >= 0.3 is 6.18 Å². The van der Waals surface area contributed by atoms with E-state index < -0.39 is 29.6 Å². The number of alkyl halides is 3. The molecule has 0 saturated carbocycles. The Morgan fingerprint density at radius 2 is 1.46 bits per heavy atom. The van der Waals surface area contributed by atoms with Crippen molar-refractivity contribution in [1.82, 2.24) is 4.90 Å². The fourth-order valence-corrected chi connectivity index (χ4v) is 4.78. The second kappa shape index (κ2) is 10.8. The number of methoxy groups -OCH3 is 4. The number of benzene rings is 3. The third-order valence-electron chi connectivity index (χ3n) is 6.66. The summed E-state index contributed by atoms with van der Waals surface area (Å²) in [5.41, 5.74) is 0.145. The highest BCUT2D eigenvalue weighted by Gasteiger charge is 2.44. The maximum atomic E-state index is 13.9. The molecule has 1 heterocycles. The highest BCUT2D eigenvalue weighted by atomic mass is 19.4. The SMILES string of the molecule is COc1ccc([C@@H]2[C@H](C(=O)Nc3cccc(C(F)(F)F)c3)c3cc(OC)c(OC)cc3C(=O)N2C)cc1OC. The van der Waals surface area contributed by atoms with Gasteiger partial charge in [-0.15, -0.1) is 0 Å². The van der Waals surface area contributed by atoms with Crippen LogP contribution in [0.3, 0.4) is 0 Å². The summed E-state index contributed by atoms with van der Waals surface area (Å²) in [4.78, 5) is 28.9. The van der Waals surface area contributed by atoms with E-state index in [-0.39, 0.29) is 22.9 Å². The molecule has 206 valence electrons. The lowest BCUT2D eigenvalue weighted by atomic mass is 9.79. The predicted octanol–water partition coefficient (Wildman–Crippen LogP) is 5.29. The third-order valence-corrected chi connectivity index (χ3v) is 6.66. The molecule has 1 aliphatic rings. The molecule has 0 radical (unpaired) electrons. The minimum atomic E-state index is -4.59. The average Bonchev–Trinajstić information content (AvgIpc) is 2.93. The average molecular weight is 545 g/mol. The Bertz CT molecular complexity index is 1410. The lowest BCUT2D eigenvalue weighted by Gasteiger charge is -2.40. The quantitative estimate of drug-likeness (QED) is 0.435. The second-order valence-electron chi connectivity index (χ2n) is 8.82. The van der Waals surface area contributed by atoms with Gasteiger partial charge in [0.15, 0.2) is 23.0 Å². The van der Waals surface area contributed by atoms with Gasteiger partial charge in [0.1, 0.15) is 0 Å². The Kier molecular flexibility index (Phi) is 7.62. The number of likely N-dealkylation sites (N-methyl/N-ethyl adjacent to an activating group) is 1. The molecule has 0 aliphatic carbocycles. The Morgan fingerprint density at radius 1 is 0.846 bits per heavy atom. The van der Waals surface area contributed by atoms with Crippen LogP contribution in [0.15, 0.2) is 54.6 Å². The number of ether oxygens (including phenoxy) is 4. The van der Waals surface area contributed by atoms with E-state index in [2.05, 4.69) is 5.32 Å². The van der Waals surface area contributed by atoms with E-state index >= 15 is 0 Å². The van der Waals surface area contributed by atoms with Crippen LogP contribution in [0.2, 0.25) is 0 Å². The highest BCUT2D eigenvalue weighted by Crippen LogP contribution is 2.47. The minimum absolute atomic E-state index is 0.0394. The lowest BCUT2D eigenvalue weighted by Crippen LogP contribution is -2.44. The Hall–Kier alpha value is -4.41. The number of nitrogens with one attached hydrogen (secondary N) is 1. The molecule has 0 aromatic heterocycles. The third kappa shape index (κ3) is 5.16. The number of hydrogen-bond donors (Lipinski definition) is 1. The van der Waals surface area contributed by atoms with Crippen LogP contribution in [0.4, 0.5) is 18.9 Å². The molecule has 3 aromatic carbocycles. The van der Waals surface area contributed by atoms with Crippen molar-refractivity contribution in [3.8, 4) is 23.0 Å². The van der Waals surface area contributed by atoms with Crippen molar-refractivity contribution in [2.75, 3.05) is 40.8 Å². The van der Waals surface area contributed by atoms with E-state index in [1.807, 2.05) is 0 Å². The van der Waals surface area contributed by atoms with Crippen LogP contribution in [0.5, 0.6) is 23.0 Å². The summed E-state index contributed by atoms with van der Waals surface area (Å²) >= 11 is 0. The van der Waals surface area contributed by atoms with Crippen molar-refractivity contribution in [3.63, 3.8) is 0 Å². The van der Waals surface area contributed by atoms with Gasteiger partial charge in [0.25, 0.3) is 5.91 Å². The molecule has 8 nitrogen and oxygen atoms in total. The Balaban J connectivity index is 1.89. The first-order valence-electron chi connectivity index (χ1n) is 11.8. The zero-order valence-electron chi connectivity index (χ0n) is 21.9. The molecule has 0 unspecified atom stereocenters. The molecule has 0 fully saturated rings. The van der Waals surface area contributed by atoms with Crippen LogP contribution in [-0.2, 0) is 11.0 Å². The molecule has 1 N–H and O–H groups in total. The first-order valence-corrected chi connectivity index (χ1v) is 11.8. The number of hydrogen-bond acceptors (Lipinski definition) is 6. The smallest absolute Gasteiger partial charge is 0.416 e. The van der Waals surface area contributed by atoms with E-state index in [9.17, 15) is 22.8 Å². The van der Waals surface area contributed by atoms with Gasteiger partial charge in [-0.3, -0.25) is 9.59 Å². The molecule has 39 heavy (non-hydrogen) atoms.